The molecule has 5 nitrogen and oxygen atoms in total. The number of rotatable bonds is 4. The van der Waals surface area contributed by atoms with E-state index in [1.807, 2.05) is 0 Å². The van der Waals surface area contributed by atoms with Gasteiger partial charge in [0, 0.05) is 17.5 Å². The maximum atomic E-state index is 12.2. The normalized spacial score (nSPS) is 12.1. The largest absolute Gasteiger partial charge is 0.270 e. The second-order valence-corrected chi connectivity index (χ2v) is 6.26. The molecule has 21 heavy (non-hydrogen) atoms. The van der Waals surface area contributed by atoms with Crippen LogP contribution in [0.5, 0.6) is 0 Å². The Kier molecular flexibility index (Phi) is 4.18. The molecule has 0 amide bonds. The van der Waals surface area contributed by atoms with Crippen LogP contribution in [-0.2, 0) is 9.84 Å². The molecular weight excluding hydrogens is 290 g/mol. The number of hydrogen-bond acceptors (Lipinski definition) is 4. The summed E-state index contributed by atoms with van der Waals surface area (Å²) in [5, 5.41) is 11.9. The molecule has 0 radical (unpaired) electrons. The molecule has 6 heteroatoms. The van der Waals surface area contributed by atoms with Gasteiger partial charge in [-0.15, -0.1) is 0 Å². The lowest BCUT2D eigenvalue weighted by atomic mass is 10.1. The molecule has 0 spiro atoms. The Morgan fingerprint density at radius 2 is 1.76 bits per heavy atom. The van der Waals surface area contributed by atoms with E-state index in [0.29, 0.717) is 11.1 Å². The molecule has 0 saturated heterocycles. The van der Waals surface area contributed by atoms with Gasteiger partial charge < -0.3 is 0 Å². The number of nitro benzene ring substituents is 1. The molecule has 0 fully saturated rings. The molecule has 0 heterocycles. The molecule has 0 atom stereocenters. The van der Waals surface area contributed by atoms with Gasteiger partial charge in [0.2, 0.25) is 0 Å². The third-order valence-electron chi connectivity index (χ3n) is 2.92. The lowest BCUT2D eigenvalue weighted by Crippen LogP contribution is -1.97. The van der Waals surface area contributed by atoms with Crippen molar-refractivity contribution in [3.8, 4) is 0 Å². The molecule has 0 aliphatic heterocycles. The van der Waals surface area contributed by atoms with Crippen LogP contribution in [0.25, 0.3) is 5.57 Å². The van der Waals surface area contributed by atoms with Crippen molar-refractivity contribution in [2.24, 2.45) is 0 Å². The predicted octanol–water partition coefficient (Wildman–Crippen LogP) is 3.43. The summed E-state index contributed by atoms with van der Waals surface area (Å²) in [6.07, 6.45) is 0. The number of allylic oxidation sites excluding steroid dienone is 1. The van der Waals surface area contributed by atoms with E-state index in [0.717, 1.165) is 5.41 Å². The van der Waals surface area contributed by atoms with Crippen molar-refractivity contribution in [1.29, 1.82) is 0 Å². The Labute approximate surface area is 122 Å². The minimum absolute atomic E-state index is 0.0719. The van der Waals surface area contributed by atoms with E-state index < -0.39 is 14.8 Å². The van der Waals surface area contributed by atoms with Crippen LogP contribution < -0.4 is 0 Å². The van der Waals surface area contributed by atoms with Gasteiger partial charge in [0.1, 0.15) is 0 Å². The maximum absolute atomic E-state index is 12.2. The smallest absolute Gasteiger partial charge is 0.258 e. The van der Waals surface area contributed by atoms with Gasteiger partial charge in [-0.2, -0.15) is 0 Å². The van der Waals surface area contributed by atoms with Crippen molar-refractivity contribution < 1.29 is 13.3 Å². The average Bonchev–Trinajstić information content (AvgIpc) is 2.48. The molecule has 0 aliphatic rings. The summed E-state index contributed by atoms with van der Waals surface area (Å²) >= 11 is 0. The van der Waals surface area contributed by atoms with Gasteiger partial charge >= 0.3 is 0 Å². The van der Waals surface area contributed by atoms with Crippen molar-refractivity contribution in [3.63, 3.8) is 0 Å². The Morgan fingerprint density at radius 1 is 1.10 bits per heavy atom. The average molecular weight is 303 g/mol. The first-order valence-electron chi connectivity index (χ1n) is 6.13. The van der Waals surface area contributed by atoms with Crippen molar-refractivity contribution in [2.45, 2.75) is 11.8 Å². The van der Waals surface area contributed by atoms with Crippen LogP contribution in [0.3, 0.4) is 0 Å². The van der Waals surface area contributed by atoms with Crippen molar-refractivity contribution in [1.82, 2.24) is 0 Å². The molecule has 0 saturated carbocycles. The first kappa shape index (κ1) is 14.9. The van der Waals surface area contributed by atoms with Gasteiger partial charge in [0.05, 0.1) is 9.82 Å². The topological polar surface area (TPSA) is 77.3 Å². The maximum Gasteiger partial charge on any atom is 0.270 e. The molecule has 0 aliphatic carbocycles. The Hall–Kier alpha value is -2.47. The van der Waals surface area contributed by atoms with Crippen LogP contribution in [-0.4, -0.2) is 13.3 Å². The lowest BCUT2D eigenvalue weighted by Gasteiger charge is -2.03. The summed E-state index contributed by atoms with van der Waals surface area (Å²) in [7, 11) is -3.57. The summed E-state index contributed by atoms with van der Waals surface area (Å²) in [6.45, 7) is 1.61. The zero-order valence-electron chi connectivity index (χ0n) is 11.3. The number of hydrogen-bond donors (Lipinski definition) is 0. The second-order valence-electron chi connectivity index (χ2n) is 4.47. The fourth-order valence-electron chi connectivity index (χ4n) is 1.84. The molecule has 0 N–H and O–H groups in total. The summed E-state index contributed by atoms with van der Waals surface area (Å²) in [6, 6.07) is 13.9. The predicted molar refractivity (Wildman–Crippen MR) is 80.4 cm³/mol. The third kappa shape index (κ3) is 3.55. The first-order chi connectivity index (χ1) is 9.90. The van der Waals surface area contributed by atoms with Crippen LogP contribution in [0.15, 0.2) is 64.9 Å². The monoisotopic (exact) mass is 303 g/mol. The molecule has 0 bridgehead atoms. The molecule has 0 unspecified atom stereocenters. The van der Waals surface area contributed by atoms with Crippen molar-refractivity contribution in [2.75, 3.05) is 0 Å². The number of nitro groups is 1. The van der Waals surface area contributed by atoms with Crippen LogP contribution in [0.1, 0.15) is 12.5 Å². The van der Waals surface area contributed by atoms with Crippen LogP contribution >= 0.6 is 0 Å². The highest BCUT2D eigenvalue weighted by atomic mass is 32.2. The lowest BCUT2D eigenvalue weighted by molar-refractivity contribution is -0.384. The van der Waals surface area contributed by atoms with Crippen LogP contribution in [0.2, 0.25) is 0 Å². The standard InChI is InChI=1S/C15H13NO4S/c1-12(13-6-5-7-14(10-13)16(17)18)11-21(19,20)15-8-3-2-4-9-15/h2-11H,1H3/b12-11+. The highest BCUT2D eigenvalue weighted by molar-refractivity contribution is 7.94. The number of nitrogens with zero attached hydrogens (tertiary/aromatic N) is 1. The quantitative estimate of drug-likeness (QED) is 0.640. The molecular formula is C15H13NO4S. The molecule has 2 rings (SSSR count). The second kappa shape index (κ2) is 5.88. The fraction of sp³-hybridized carbons (Fsp3) is 0.0667. The van der Waals surface area contributed by atoms with Gasteiger partial charge in [0.25, 0.3) is 5.69 Å². The molecule has 2 aromatic carbocycles. The van der Waals surface area contributed by atoms with E-state index in [-0.39, 0.29) is 10.6 Å². The zero-order valence-corrected chi connectivity index (χ0v) is 12.1. The van der Waals surface area contributed by atoms with Crippen molar-refractivity contribution >= 4 is 21.1 Å². The van der Waals surface area contributed by atoms with Gasteiger partial charge in [0.15, 0.2) is 9.84 Å². The highest BCUT2D eigenvalue weighted by Gasteiger charge is 2.13. The summed E-state index contributed by atoms with van der Waals surface area (Å²) < 4.78 is 24.4. The molecule has 2 aromatic rings. The SMILES string of the molecule is C/C(=C\S(=O)(=O)c1ccccc1)c1cccc([N+](=O)[O-])c1. The van der Waals surface area contributed by atoms with E-state index in [2.05, 4.69) is 0 Å². The number of sulfone groups is 1. The van der Waals surface area contributed by atoms with Crippen molar-refractivity contribution in [3.05, 3.63) is 75.7 Å². The minimum Gasteiger partial charge on any atom is -0.258 e. The Bertz CT molecular complexity index is 795. The van der Waals surface area contributed by atoms with Crippen LogP contribution in [0.4, 0.5) is 5.69 Å². The molecule has 108 valence electrons. The van der Waals surface area contributed by atoms with E-state index >= 15 is 0 Å². The van der Waals surface area contributed by atoms with Gasteiger partial charge in [-0.05, 0) is 30.2 Å². The van der Waals surface area contributed by atoms with Gasteiger partial charge in [-0.3, -0.25) is 10.1 Å². The van der Waals surface area contributed by atoms with Gasteiger partial charge in [-0.25, -0.2) is 8.42 Å². The number of non-ortho nitro benzene ring substituents is 1. The summed E-state index contributed by atoms with van der Waals surface area (Å²) in [4.78, 5) is 10.4. The minimum atomic E-state index is -3.57. The Morgan fingerprint density at radius 3 is 2.38 bits per heavy atom. The summed E-state index contributed by atoms with van der Waals surface area (Å²) in [5.74, 6) is 0. The third-order valence-corrected chi connectivity index (χ3v) is 4.51. The Balaban J connectivity index is 2.42. The van der Waals surface area contributed by atoms with E-state index in [1.165, 1.54) is 30.3 Å². The first-order valence-corrected chi connectivity index (χ1v) is 7.68. The summed E-state index contributed by atoms with van der Waals surface area (Å²) in [5.41, 5.74) is 0.878. The van der Waals surface area contributed by atoms with E-state index in [4.69, 9.17) is 0 Å². The van der Waals surface area contributed by atoms with Crippen LogP contribution in [0, 0.1) is 10.1 Å². The highest BCUT2D eigenvalue weighted by Crippen LogP contribution is 2.22. The fourth-order valence-corrected chi connectivity index (χ4v) is 3.12. The van der Waals surface area contributed by atoms with Gasteiger partial charge in [-0.1, -0.05) is 30.3 Å². The molecule has 0 aromatic heterocycles. The zero-order chi connectivity index (χ0) is 15.5. The van der Waals surface area contributed by atoms with E-state index in [9.17, 15) is 18.5 Å². The van der Waals surface area contributed by atoms with E-state index in [1.54, 1.807) is 31.2 Å². The number of benzene rings is 2.